The predicted octanol–water partition coefficient (Wildman–Crippen LogP) is 1.96. The molecule has 120 valence electrons. The third-order valence-corrected chi connectivity index (χ3v) is 4.89. The largest absolute Gasteiger partial charge is 0.339 e. The van der Waals surface area contributed by atoms with Crippen molar-refractivity contribution in [1.29, 1.82) is 0 Å². The molecule has 1 aromatic carbocycles. The van der Waals surface area contributed by atoms with Gasteiger partial charge in [-0.15, -0.1) is 0 Å². The van der Waals surface area contributed by atoms with Gasteiger partial charge in [0.25, 0.3) is 5.91 Å². The van der Waals surface area contributed by atoms with Gasteiger partial charge in [0.15, 0.2) is 0 Å². The van der Waals surface area contributed by atoms with E-state index in [4.69, 9.17) is 0 Å². The normalized spacial score (nSPS) is 21.0. The van der Waals surface area contributed by atoms with E-state index in [9.17, 15) is 4.79 Å². The van der Waals surface area contributed by atoms with Crippen LogP contribution in [0, 0.1) is 5.92 Å². The smallest absolute Gasteiger partial charge is 0.253 e. The van der Waals surface area contributed by atoms with E-state index in [0.717, 1.165) is 70.1 Å². The highest BCUT2D eigenvalue weighted by atomic mass is 16.2. The van der Waals surface area contributed by atoms with Crippen LogP contribution >= 0.6 is 0 Å². The Hall–Kier alpha value is -1.39. The summed E-state index contributed by atoms with van der Waals surface area (Å²) in [5.74, 6) is 0.950. The first kappa shape index (κ1) is 15.5. The molecule has 0 spiro atoms. The third-order valence-electron chi connectivity index (χ3n) is 4.89. The summed E-state index contributed by atoms with van der Waals surface area (Å²) in [7, 11) is 0. The minimum atomic E-state index is 0.195. The number of piperidine rings is 1. The van der Waals surface area contributed by atoms with Crippen LogP contribution in [0.15, 0.2) is 24.3 Å². The lowest BCUT2D eigenvalue weighted by Crippen LogP contribution is -2.42. The number of likely N-dealkylation sites (tertiary alicyclic amines) is 1. The average molecular weight is 301 g/mol. The van der Waals surface area contributed by atoms with Gasteiger partial charge in [0.05, 0.1) is 0 Å². The van der Waals surface area contributed by atoms with Crippen LogP contribution in [0.1, 0.15) is 35.7 Å². The Morgan fingerprint density at radius 2 is 1.73 bits per heavy atom. The molecule has 0 saturated carbocycles. The van der Waals surface area contributed by atoms with Crippen molar-refractivity contribution in [2.24, 2.45) is 5.92 Å². The van der Waals surface area contributed by atoms with Crippen molar-refractivity contribution in [3.63, 3.8) is 0 Å². The summed E-state index contributed by atoms with van der Waals surface area (Å²) >= 11 is 0. The third kappa shape index (κ3) is 3.87. The van der Waals surface area contributed by atoms with Crippen LogP contribution in [0.25, 0.3) is 0 Å². The molecule has 0 atom stereocenters. The Bertz CT molecular complexity index is 486. The van der Waals surface area contributed by atoms with Gasteiger partial charge in [-0.2, -0.15) is 0 Å². The van der Waals surface area contributed by atoms with E-state index in [-0.39, 0.29) is 5.91 Å². The number of carbonyl (C=O) groups excluding carboxylic acids is 1. The molecule has 1 aromatic rings. The first-order chi connectivity index (χ1) is 10.7. The lowest BCUT2D eigenvalue weighted by atomic mass is 9.98. The second-order valence-corrected chi connectivity index (χ2v) is 6.70. The maximum absolute atomic E-state index is 12.5. The molecule has 3 rings (SSSR count). The maximum Gasteiger partial charge on any atom is 0.253 e. The maximum atomic E-state index is 12.5. The number of carbonyl (C=O) groups is 1. The van der Waals surface area contributed by atoms with Crippen LogP contribution < -0.4 is 5.32 Å². The van der Waals surface area contributed by atoms with Gasteiger partial charge in [-0.3, -0.25) is 9.69 Å². The molecular weight excluding hydrogens is 274 g/mol. The number of hydrogen-bond donors (Lipinski definition) is 1. The Morgan fingerprint density at radius 1 is 1.09 bits per heavy atom. The van der Waals surface area contributed by atoms with E-state index in [1.165, 1.54) is 5.56 Å². The zero-order valence-electron chi connectivity index (χ0n) is 13.6. The van der Waals surface area contributed by atoms with Crippen LogP contribution in [0.5, 0.6) is 0 Å². The Morgan fingerprint density at radius 3 is 2.36 bits per heavy atom. The molecule has 2 aliphatic heterocycles. The minimum Gasteiger partial charge on any atom is -0.339 e. The molecule has 1 amide bonds. The Balaban J connectivity index is 1.57. The highest BCUT2D eigenvalue weighted by molar-refractivity contribution is 5.94. The van der Waals surface area contributed by atoms with Gasteiger partial charge in [-0.25, -0.2) is 0 Å². The van der Waals surface area contributed by atoms with E-state index in [1.54, 1.807) is 0 Å². The molecule has 0 bridgehead atoms. The second-order valence-electron chi connectivity index (χ2n) is 6.70. The topological polar surface area (TPSA) is 35.6 Å². The van der Waals surface area contributed by atoms with Crippen molar-refractivity contribution in [1.82, 2.24) is 15.1 Å². The number of nitrogens with zero attached hydrogens (tertiary/aromatic N) is 2. The van der Waals surface area contributed by atoms with Crippen molar-refractivity contribution < 1.29 is 4.79 Å². The summed E-state index contributed by atoms with van der Waals surface area (Å²) in [6.45, 7) is 9.42. The molecule has 2 fully saturated rings. The lowest BCUT2D eigenvalue weighted by molar-refractivity contribution is 0.0697. The fourth-order valence-corrected chi connectivity index (χ4v) is 3.27. The van der Waals surface area contributed by atoms with E-state index in [1.807, 2.05) is 17.0 Å². The number of hydrogen-bond acceptors (Lipinski definition) is 3. The fourth-order valence-electron chi connectivity index (χ4n) is 3.27. The molecule has 2 aliphatic rings. The van der Waals surface area contributed by atoms with Gasteiger partial charge in [0.1, 0.15) is 0 Å². The zero-order chi connectivity index (χ0) is 15.4. The second kappa shape index (κ2) is 7.25. The molecule has 4 heteroatoms. The molecule has 0 aliphatic carbocycles. The van der Waals surface area contributed by atoms with Crippen LogP contribution in [-0.4, -0.2) is 55.0 Å². The summed E-state index contributed by atoms with van der Waals surface area (Å²) < 4.78 is 0. The Labute approximate surface area is 133 Å². The van der Waals surface area contributed by atoms with E-state index in [0.29, 0.717) is 0 Å². The van der Waals surface area contributed by atoms with Crippen LogP contribution in [-0.2, 0) is 6.54 Å². The molecule has 2 saturated heterocycles. The van der Waals surface area contributed by atoms with Gasteiger partial charge < -0.3 is 10.2 Å². The van der Waals surface area contributed by atoms with Crippen LogP contribution in [0.2, 0.25) is 0 Å². The SMILES string of the molecule is CC1CCN(C(=O)c2ccc(CN3CCNCC3)cc2)CC1. The van der Waals surface area contributed by atoms with E-state index >= 15 is 0 Å². The molecule has 0 unspecified atom stereocenters. The first-order valence-electron chi connectivity index (χ1n) is 8.53. The summed E-state index contributed by atoms with van der Waals surface area (Å²) in [4.78, 5) is 17.0. The first-order valence-corrected chi connectivity index (χ1v) is 8.53. The minimum absolute atomic E-state index is 0.195. The highest BCUT2D eigenvalue weighted by Crippen LogP contribution is 2.18. The summed E-state index contributed by atoms with van der Waals surface area (Å²) in [6, 6.07) is 8.22. The zero-order valence-corrected chi connectivity index (χ0v) is 13.6. The molecule has 22 heavy (non-hydrogen) atoms. The number of benzene rings is 1. The summed E-state index contributed by atoms with van der Waals surface area (Å²) in [5.41, 5.74) is 2.13. The van der Waals surface area contributed by atoms with Gasteiger partial charge in [-0.1, -0.05) is 19.1 Å². The van der Waals surface area contributed by atoms with E-state index in [2.05, 4.69) is 29.3 Å². The number of rotatable bonds is 3. The molecule has 0 radical (unpaired) electrons. The fraction of sp³-hybridized carbons (Fsp3) is 0.611. The number of amides is 1. The monoisotopic (exact) mass is 301 g/mol. The van der Waals surface area contributed by atoms with Crippen molar-refractivity contribution >= 4 is 5.91 Å². The lowest BCUT2D eigenvalue weighted by Gasteiger charge is -2.30. The molecule has 2 heterocycles. The van der Waals surface area contributed by atoms with Gasteiger partial charge >= 0.3 is 0 Å². The molecular formula is C18H27N3O. The van der Waals surface area contributed by atoms with Gasteiger partial charge in [0, 0.05) is 51.4 Å². The van der Waals surface area contributed by atoms with Crippen LogP contribution in [0.4, 0.5) is 0 Å². The molecule has 1 N–H and O–H groups in total. The van der Waals surface area contributed by atoms with Crippen molar-refractivity contribution in [2.75, 3.05) is 39.3 Å². The van der Waals surface area contributed by atoms with Crippen molar-refractivity contribution in [2.45, 2.75) is 26.3 Å². The van der Waals surface area contributed by atoms with Crippen molar-refractivity contribution in [3.05, 3.63) is 35.4 Å². The molecule has 4 nitrogen and oxygen atoms in total. The summed E-state index contributed by atoms with van der Waals surface area (Å²) in [5, 5.41) is 3.37. The number of piperazine rings is 1. The quantitative estimate of drug-likeness (QED) is 0.927. The standard InChI is InChI=1S/C18H27N3O/c1-15-6-10-21(11-7-15)18(22)17-4-2-16(3-5-17)14-20-12-8-19-9-13-20/h2-5,15,19H,6-14H2,1H3. The average Bonchev–Trinajstić information content (AvgIpc) is 2.57. The summed E-state index contributed by atoms with van der Waals surface area (Å²) in [6.07, 6.45) is 2.26. The van der Waals surface area contributed by atoms with Gasteiger partial charge in [-0.05, 0) is 36.5 Å². The predicted molar refractivity (Wildman–Crippen MR) is 88.9 cm³/mol. The molecule has 0 aromatic heterocycles. The Kier molecular flexibility index (Phi) is 5.11. The van der Waals surface area contributed by atoms with Crippen LogP contribution in [0.3, 0.4) is 0 Å². The highest BCUT2D eigenvalue weighted by Gasteiger charge is 2.21. The van der Waals surface area contributed by atoms with E-state index < -0.39 is 0 Å². The van der Waals surface area contributed by atoms with Crippen molar-refractivity contribution in [3.8, 4) is 0 Å². The number of nitrogens with one attached hydrogen (secondary N) is 1. The van der Waals surface area contributed by atoms with Gasteiger partial charge in [0.2, 0.25) is 0 Å².